The Hall–Kier alpha value is -2.67. The highest BCUT2D eigenvalue weighted by Gasteiger charge is 2.16. The van der Waals surface area contributed by atoms with E-state index in [1.807, 2.05) is 36.5 Å². The molecule has 0 radical (unpaired) electrons. The number of esters is 1. The van der Waals surface area contributed by atoms with Crippen molar-refractivity contribution >= 4 is 32.8 Å². The Morgan fingerprint density at radius 2 is 1.93 bits per heavy atom. The van der Waals surface area contributed by atoms with E-state index in [2.05, 4.69) is 20.9 Å². The van der Waals surface area contributed by atoms with E-state index in [0.717, 1.165) is 32.3 Å². The van der Waals surface area contributed by atoms with Gasteiger partial charge in [-0.25, -0.2) is 0 Å². The van der Waals surface area contributed by atoms with Gasteiger partial charge in [0.05, 0.1) is 13.5 Å². The summed E-state index contributed by atoms with van der Waals surface area (Å²) in [6.07, 6.45) is 2.00. The first kappa shape index (κ1) is 17.7. The van der Waals surface area contributed by atoms with Crippen molar-refractivity contribution < 1.29 is 23.7 Å². The third-order valence-corrected chi connectivity index (χ3v) is 5.15. The number of methoxy groups -OCH3 is 1. The molecule has 0 bridgehead atoms. The van der Waals surface area contributed by atoms with Crippen molar-refractivity contribution in [3.05, 3.63) is 52.1 Å². The van der Waals surface area contributed by atoms with Gasteiger partial charge in [-0.2, -0.15) is 0 Å². The first-order chi connectivity index (χ1) is 13.1. The summed E-state index contributed by atoms with van der Waals surface area (Å²) in [6.45, 7) is 1.20. The average molecular weight is 432 g/mol. The molecule has 0 amide bonds. The van der Waals surface area contributed by atoms with Gasteiger partial charge in [-0.1, -0.05) is 15.9 Å². The number of H-pyrrole nitrogens is 1. The molecule has 0 saturated carbocycles. The monoisotopic (exact) mass is 431 g/mol. The summed E-state index contributed by atoms with van der Waals surface area (Å²) in [6, 6.07) is 9.38. The third kappa shape index (κ3) is 3.73. The molecule has 4 rings (SSSR count). The molecule has 0 atom stereocenters. The van der Waals surface area contributed by atoms with E-state index in [0.29, 0.717) is 24.7 Å². The Bertz CT molecular complexity index is 997. The van der Waals surface area contributed by atoms with Crippen LogP contribution in [0.3, 0.4) is 0 Å². The van der Waals surface area contributed by atoms with E-state index in [1.165, 1.54) is 0 Å². The van der Waals surface area contributed by atoms with Crippen molar-refractivity contribution in [1.29, 1.82) is 0 Å². The first-order valence-electron chi connectivity index (χ1n) is 8.51. The lowest BCUT2D eigenvalue weighted by atomic mass is 10.1. The zero-order valence-electron chi connectivity index (χ0n) is 14.7. The predicted octanol–water partition coefficient (Wildman–Crippen LogP) is 4.00. The minimum Gasteiger partial charge on any atom is -0.497 e. The van der Waals surface area contributed by atoms with Crippen LogP contribution in [0, 0.1) is 0 Å². The van der Waals surface area contributed by atoms with Crippen LogP contribution in [-0.4, -0.2) is 31.3 Å². The van der Waals surface area contributed by atoms with E-state index in [-0.39, 0.29) is 19.0 Å². The number of ether oxygens (including phenoxy) is 4. The molecule has 6 nitrogen and oxygen atoms in total. The maximum absolute atomic E-state index is 12.3. The summed E-state index contributed by atoms with van der Waals surface area (Å²) < 4.78 is 22.7. The van der Waals surface area contributed by atoms with Crippen LogP contribution in [0.15, 0.2) is 41.0 Å². The number of rotatable bonds is 5. The van der Waals surface area contributed by atoms with E-state index >= 15 is 0 Å². The summed E-state index contributed by atoms with van der Waals surface area (Å²) in [5.74, 6) is 1.80. The quantitative estimate of drug-likeness (QED) is 0.618. The largest absolute Gasteiger partial charge is 0.497 e. The molecule has 1 aliphatic rings. The van der Waals surface area contributed by atoms with E-state index < -0.39 is 0 Å². The maximum Gasteiger partial charge on any atom is 0.310 e. The van der Waals surface area contributed by atoms with Gasteiger partial charge in [0.25, 0.3) is 0 Å². The molecule has 0 saturated heterocycles. The van der Waals surface area contributed by atoms with Gasteiger partial charge in [-0.3, -0.25) is 4.79 Å². The Morgan fingerprint density at radius 3 is 2.70 bits per heavy atom. The highest BCUT2D eigenvalue weighted by atomic mass is 79.9. The number of nitrogens with one attached hydrogen (secondary N) is 1. The molecule has 0 aliphatic carbocycles. The molecule has 0 unspecified atom stereocenters. The molecule has 1 N–H and O–H groups in total. The molecular weight excluding hydrogens is 414 g/mol. The van der Waals surface area contributed by atoms with Gasteiger partial charge in [0.15, 0.2) is 11.5 Å². The van der Waals surface area contributed by atoms with Gasteiger partial charge in [-0.05, 0) is 35.9 Å². The molecule has 1 aliphatic heterocycles. The maximum atomic E-state index is 12.3. The standard InChI is InChI=1S/C20H18BrNO5/c1-24-14-2-3-17-15(8-14)12(10-22-17)7-20(23)27-11-13-6-18-19(9-16(13)21)26-5-4-25-18/h2-3,6,8-10,22H,4-5,7,11H2,1H3. The van der Waals surface area contributed by atoms with Gasteiger partial charge in [0, 0.05) is 27.1 Å². The number of hydrogen-bond donors (Lipinski definition) is 1. The van der Waals surface area contributed by atoms with Gasteiger partial charge in [0.2, 0.25) is 0 Å². The van der Waals surface area contributed by atoms with Crippen molar-refractivity contribution in [2.45, 2.75) is 13.0 Å². The highest BCUT2D eigenvalue weighted by molar-refractivity contribution is 9.10. The number of hydrogen-bond acceptors (Lipinski definition) is 5. The van der Waals surface area contributed by atoms with Crippen molar-refractivity contribution in [3.63, 3.8) is 0 Å². The predicted molar refractivity (Wildman–Crippen MR) is 103 cm³/mol. The lowest BCUT2D eigenvalue weighted by Crippen LogP contribution is -2.16. The van der Waals surface area contributed by atoms with Gasteiger partial charge in [0.1, 0.15) is 25.6 Å². The van der Waals surface area contributed by atoms with Crippen molar-refractivity contribution in [1.82, 2.24) is 4.98 Å². The molecule has 7 heteroatoms. The molecule has 0 spiro atoms. The van der Waals surface area contributed by atoms with Gasteiger partial charge >= 0.3 is 5.97 Å². The number of benzene rings is 2. The lowest BCUT2D eigenvalue weighted by Gasteiger charge is -2.19. The summed E-state index contributed by atoms with van der Waals surface area (Å²) >= 11 is 3.49. The molecular formula is C20H18BrNO5. The third-order valence-electron chi connectivity index (χ3n) is 4.41. The lowest BCUT2D eigenvalue weighted by molar-refractivity contribution is -0.144. The van der Waals surface area contributed by atoms with Crippen molar-refractivity contribution in [2.24, 2.45) is 0 Å². The molecule has 2 aromatic carbocycles. The van der Waals surface area contributed by atoms with Crippen LogP contribution in [0.2, 0.25) is 0 Å². The molecule has 3 aromatic rings. The SMILES string of the molecule is COc1ccc2[nH]cc(CC(=O)OCc3cc4c(cc3Br)OCCO4)c2c1. The second kappa shape index (κ2) is 7.52. The molecule has 0 fully saturated rings. The summed E-state index contributed by atoms with van der Waals surface area (Å²) in [5, 5.41) is 0.951. The van der Waals surface area contributed by atoms with Crippen LogP contribution >= 0.6 is 15.9 Å². The average Bonchev–Trinajstić information content (AvgIpc) is 3.08. The zero-order chi connectivity index (χ0) is 18.8. The fraction of sp³-hybridized carbons (Fsp3) is 0.250. The van der Waals surface area contributed by atoms with Crippen LogP contribution < -0.4 is 14.2 Å². The second-order valence-electron chi connectivity index (χ2n) is 6.15. The minimum atomic E-state index is -0.305. The Balaban J connectivity index is 1.44. The number of carbonyl (C=O) groups is 1. The number of carbonyl (C=O) groups excluding carboxylic acids is 1. The van der Waals surface area contributed by atoms with E-state index in [1.54, 1.807) is 7.11 Å². The number of aromatic amines is 1. The fourth-order valence-electron chi connectivity index (χ4n) is 3.01. The second-order valence-corrected chi connectivity index (χ2v) is 7.00. The van der Waals surface area contributed by atoms with Gasteiger partial charge in [-0.15, -0.1) is 0 Å². The van der Waals surface area contributed by atoms with Crippen LogP contribution in [0.4, 0.5) is 0 Å². The molecule has 1 aromatic heterocycles. The Kier molecular flexibility index (Phi) is 4.94. The normalized spacial score (nSPS) is 12.8. The van der Waals surface area contributed by atoms with E-state index in [9.17, 15) is 4.79 Å². The van der Waals surface area contributed by atoms with E-state index in [4.69, 9.17) is 18.9 Å². The number of halogens is 1. The fourth-order valence-corrected chi connectivity index (χ4v) is 3.45. The highest BCUT2D eigenvalue weighted by Crippen LogP contribution is 2.35. The first-order valence-corrected chi connectivity index (χ1v) is 9.31. The van der Waals surface area contributed by atoms with Crippen LogP contribution in [0.5, 0.6) is 17.2 Å². The summed E-state index contributed by atoms with van der Waals surface area (Å²) in [7, 11) is 1.62. The topological polar surface area (TPSA) is 69.8 Å². The Labute approximate surface area is 164 Å². The Morgan fingerprint density at radius 1 is 1.15 bits per heavy atom. The smallest absolute Gasteiger partial charge is 0.310 e. The summed E-state index contributed by atoms with van der Waals surface area (Å²) in [5.41, 5.74) is 2.65. The molecule has 2 heterocycles. The van der Waals surface area contributed by atoms with Gasteiger partial charge < -0.3 is 23.9 Å². The van der Waals surface area contributed by atoms with Crippen molar-refractivity contribution in [3.8, 4) is 17.2 Å². The van der Waals surface area contributed by atoms with Crippen LogP contribution in [-0.2, 0) is 22.6 Å². The summed E-state index contributed by atoms with van der Waals surface area (Å²) in [4.78, 5) is 15.5. The molecule has 140 valence electrons. The van der Waals surface area contributed by atoms with Crippen LogP contribution in [0.1, 0.15) is 11.1 Å². The van der Waals surface area contributed by atoms with Crippen LogP contribution in [0.25, 0.3) is 10.9 Å². The number of aromatic nitrogens is 1. The minimum absolute atomic E-state index is 0.154. The van der Waals surface area contributed by atoms with Crippen molar-refractivity contribution in [2.75, 3.05) is 20.3 Å². The zero-order valence-corrected chi connectivity index (χ0v) is 16.3. The number of fused-ring (bicyclic) bond motifs is 2. The molecule has 27 heavy (non-hydrogen) atoms.